The molecule has 30 heavy (non-hydrogen) atoms. The number of hydrogen-bond donors (Lipinski definition) is 3. The van der Waals surface area contributed by atoms with Gasteiger partial charge in [0.25, 0.3) is 5.91 Å². The van der Waals surface area contributed by atoms with Crippen LogP contribution < -0.4 is 25.4 Å². The Hall–Kier alpha value is -2.93. The molecular weight excluding hydrogens is 406 g/mol. The molecule has 160 valence electrons. The number of amides is 2. The summed E-state index contributed by atoms with van der Waals surface area (Å²) in [5.41, 5.74) is 1.46. The number of anilines is 2. The molecular formula is C22H26ClN3O4. The highest BCUT2D eigenvalue weighted by Gasteiger charge is 2.20. The highest BCUT2D eigenvalue weighted by molar-refractivity contribution is 6.33. The van der Waals surface area contributed by atoms with E-state index in [1.54, 1.807) is 36.4 Å². The lowest BCUT2D eigenvalue weighted by Gasteiger charge is -2.16. The van der Waals surface area contributed by atoms with Crippen molar-refractivity contribution >= 4 is 34.8 Å². The lowest BCUT2D eigenvalue weighted by molar-refractivity contribution is -0.114. The first kappa shape index (κ1) is 21.8. The fourth-order valence-corrected chi connectivity index (χ4v) is 3.70. The Balaban J connectivity index is 1.63. The summed E-state index contributed by atoms with van der Waals surface area (Å²) in [5, 5.41) is 9.23. The van der Waals surface area contributed by atoms with Crippen LogP contribution in [0.25, 0.3) is 0 Å². The maximum Gasteiger partial charge on any atom is 0.253 e. The van der Waals surface area contributed by atoms with Gasteiger partial charge in [-0.1, -0.05) is 36.6 Å². The second-order valence-electron chi connectivity index (χ2n) is 7.09. The van der Waals surface area contributed by atoms with Gasteiger partial charge >= 0.3 is 0 Å². The molecule has 1 aliphatic rings. The lowest BCUT2D eigenvalue weighted by atomic mass is 10.1. The van der Waals surface area contributed by atoms with E-state index in [-0.39, 0.29) is 24.4 Å². The Morgan fingerprint density at radius 3 is 2.40 bits per heavy atom. The van der Waals surface area contributed by atoms with E-state index in [0.717, 1.165) is 25.7 Å². The zero-order valence-electron chi connectivity index (χ0n) is 17.1. The number of ether oxygens (including phenoxy) is 2. The predicted octanol–water partition coefficient (Wildman–Crippen LogP) is 4.08. The second kappa shape index (κ2) is 10.2. The van der Waals surface area contributed by atoms with Crippen LogP contribution in [0.2, 0.25) is 5.02 Å². The largest absolute Gasteiger partial charge is 0.493 e. The molecule has 0 saturated heterocycles. The van der Waals surface area contributed by atoms with E-state index in [2.05, 4.69) is 16.0 Å². The number of nitrogens with one attached hydrogen (secondary N) is 3. The van der Waals surface area contributed by atoms with E-state index in [0.29, 0.717) is 33.5 Å². The molecule has 0 spiro atoms. The zero-order chi connectivity index (χ0) is 21.5. The number of carbonyl (C=O) groups is 2. The second-order valence-corrected chi connectivity index (χ2v) is 7.50. The third-order valence-corrected chi connectivity index (χ3v) is 5.36. The summed E-state index contributed by atoms with van der Waals surface area (Å²) in [6.07, 6.45) is 4.26. The Labute approximate surface area is 181 Å². The van der Waals surface area contributed by atoms with E-state index in [9.17, 15) is 9.59 Å². The van der Waals surface area contributed by atoms with Crippen molar-refractivity contribution in [3.05, 3.63) is 47.0 Å². The van der Waals surface area contributed by atoms with E-state index >= 15 is 0 Å². The molecule has 0 atom stereocenters. The quantitative estimate of drug-likeness (QED) is 0.586. The first-order valence-corrected chi connectivity index (χ1v) is 10.2. The van der Waals surface area contributed by atoms with Crippen LogP contribution in [0.5, 0.6) is 11.5 Å². The van der Waals surface area contributed by atoms with Gasteiger partial charge in [-0.3, -0.25) is 9.59 Å². The number of carbonyl (C=O) groups excluding carboxylic acids is 2. The molecule has 8 heteroatoms. The van der Waals surface area contributed by atoms with Crippen molar-refractivity contribution in [3.8, 4) is 11.5 Å². The van der Waals surface area contributed by atoms with Crippen LogP contribution in [-0.4, -0.2) is 38.6 Å². The van der Waals surface area contributed by atoms with E-state index in [1.807, 2.05) is 0 Å². The molecule has 2 aromatic rings. The van der Waals surface area contributed by atoms with Gasteiger partial charge in [0.1, 0.15) is 0 Å². The van der Waals surface area contributed by atoms with Crippen molar-refractivity contribution in [2.24, 2.45) is 0 Å². The molecule has 1 saturated carbocycles. The fourth-order valence-electron chi connectivity index (χ4n) is 3.48. The van der Waals surface area contributed by atoms with E-state index in [1.165, 1.54) is 14.2 Å². The number of methoxy groups -OCH3 is 2. The Morgan fingerprint density at radius 2 is 1.70 bits per heavy atom. The topological polar surface area (TPSA) is 88.7 Å². The maximum absolute atomic E-state index is 12.6. The van der Waals surface area contributed by atoms with Gasteiger partial charge in [-0.05, 0) is 25.0 Å². The molecule has 2 amide bonds. The molecule has 7 nitrogen and oxygen atoms in total. The molecule has 0 bridgehead atoms. The molecule has 3 rings (SSSR count). The van der Waals surface area contributed by atoms with Gasteiger partial charge < -0.3 is 25.4 Å². The highest BCUT2D eigenvalue weighted by Crippen LogP contribution is 2.35. The predicted molar refractivity (Wildman–Crippen MR) is 118 cm³/mol. The molecule has 0 aromatic heterocycles. The monoisotopic (exact) mass is 431 g/mol. The summed E-state index contributed by atoms with van der Waals surface area (Å²) >= 11 is 6.25. The van der Waals surface area contributed by atoms with Crippen molar-refractivity contribution in [1.82, 2.24) is 5.32 Å². The zero-order valence-corrected chi connectivity index (χ0v) is 17.8. The molecule has 0 radical (unpaired) electrons. The minimum atomic E-state index is -0.304. The van der Waals surface area contributed by atoms with Gasteiger partial charge in [-0.15, -0.1) is 0 Å². The number of halogens is 1. The average molecular weight is 432 g/mol. The smallest absolute Gasteiger partial charge is 0.253 e. The van der Waals surface area contributed by atoms with Gasteiger partial charge in [-0.2, -0.15) is 0 Å². The van der Waals surface area contributed by atoms with Crippen molar-refractivity contribution in [2.75, 3.05) is 31.4 Å². The molecule has 3 N–H and O–H groups in total. The minimum Gasteiger partial charge on any atom is -0.493 e. The third kappa shape index (κ3) is 5.36. The number of hydrogen-bond acceptors (Lipinski definition) is 5. The summed E-state index contributed by atoms with van der Waals surface area (Å²) in [5.74, 6) is 0.522. The normalized spacial score (nSPS) is 13.6. The first-order valence-electron chi connectivity index (χ1n) is 9.87. The van der Waals surface area contributed by atoms with Gasteiger partial charge in [0.05, 0.1) is 42.7 Å². The van der Waals surface area contributed by atoms with E-state index < -0.39 is 0 Å². The van der Waals surface area contributed by atoms with E-state index in [4.69, 9.17) is 21.1 Å². The van der Waals surface area contributed by atoms with Crippen LogP contribution in [-0.2, 0) is 4.79 Å². The Bertz CT molecular complexity index is 913. The van der Waals surface area contributed by atoms with Gasteiger partial charge in [-0.25, -0.2) is 0 Å². The summed E-state index contributed by atoms with van der Waals surface area (Å²) in [4.78, 5) is 25.1. The Kier molecular flexibility index (Phi) is 7.41. The van der Waals surface area contributed by atoms with Crippen molar-refractivity contribution in [2.45, 2.75) is 31.7 Å². The van der Waals surface area contributed by atoms with Crippen LogP contribution in [0.1, 0.15) is 36.0 Å². The minimum absolute atomic E-state index is 0.0339. The highest BCUT2D eigenvalue weighted by atomic mass is 35.5. The Morgan fingerprint density at radius 1 is 1.03 bits per heavy atom. The van der Waals surface area contributed by atoms with Crippen LogP contribution in [0.15, 0.2) is 36.4 Å². The van der Waals surface area contributed by atoms with Gasteiger partial charge in [0, 0.05) is 18.2 Å². The number of benzene rings is 2. The molecule has 1 aliphatic carbocycles. The van der Waals surface area contributed by atoms with Crippen LogP contribution in [0.4, 0.5) is 11.4 Å². The van der Waals surface area contributed by atoms with Gasteiger partial charge in [0.15, 0.2) is 11.5 Å². The SMILES string of the molecule is COc1cc(Cl)c(NCC(=O)Nc2ccccc2C(=O)NC2CCCC2)cc1OC. The molecule has 0 heterocycles. The van der Waals surface area contributed by atoms with Crippen molar-refractivity contribution in [3.63, 3.8) is 0 Å². The standard InChI is InChI=1S/C22H26ClN3O4/c1-29-19-11-16(23)18(12-20(19)30-2)24-13-21(27)26-17-10-6-5-9-15(17)22(28)25-14-7-3-4-8-14/h5-6,9-12,14,24H,3-4,7-8,13H2,1-2H3,(H,25,28)(H,26,27). The van der Waals surface area contributed by atoms with Crippen molar-refractivity contribution < 1.29 is 19.1 Å². The van der Waals surface area contributed by atoms with Gasteiger partial charge in [0.2, 0.25) is 5.91 Å². The molecule has 0 aliphatic heterocycles. The summed E-state index contributed by atoms with van der Waals surface area (Å²) in [7, 11) is 3.05. The summed E-state index contributed by atoms with van der Waals surface area (Å²) in [6, 6.07) is 10.5. The molecule has 0 unspecified atom stereocenters. The summed E-state index contributed by atoms with van der Waals surface area (Å²) in [6.45, 7) is -0.0339. The average Bonchev–Trinajstić information content (AvgIpc) is 3.26. The molecule has 2 aromatic carbocycles. The van der Waals surface area contributed by atoms with Crippen molar-refractivity contribution in [1.29, 1.82) is 0 Å². The molecule has 1 fully saturated rings. The first-order chi connectivity index (χ1) is 14.5. The maximum atomic E-state index is 12.6. The van der Waals surface area contributed by atoms with Crippen LogP contribution >= 0.6 is 11.6 Å². The summed E-state index contributed by atoms with van der Waals surface area (Å²) < 4.78 is 10.5. The van der Waals surface area contributed by atoms with Crippen LogP contribution in [0.3, 0.4) is 0 Å². The fraction of sp³-hybridized carbons (Fsp3) is 0.364. The lowest BCUT2D eigenvalue weighted by Crippen LogP contribution is -2.33. The number of para-hydroxylation sites is 1. The third-order valence-electron chi connectivity index (χ3n) is 5.05. The van der Waals surface area contributed by atoms with Crippen LogP contribution in [0, 0.1) is 0 Å². The number of rotatable bonds is 8.